The van der Waals surface area contributed by atoms with Crippen LogP contribution in [0.25, 0.3) is 0 Å². The van der Waals surface area contributed by atoms with Crippen molar-refractivity contribution in [1.82, 2.24) is 5.32 Å². The molecule has 0 unspecified atom stereocenters. The summed E-state index contributed by atoms with van der Waals surface area (Å²) in [5.74, 6) is 1.25. The van der Waals surface area contributed by atoms with Gasteiger partial charge in [-0.15, -0.1) is 0 Å². The van der Waals surface area contributed by atoms with Crippen LogP contribution in [0.15, 0.2) is 0 Å². The number of carbonyl (C=O) groups is 1. The van der Waals surface area contributed by atoms with Gasteiger partial charge in [-0.25, -0.2) is 0 Å². The molecule has 1 amide bonds. The van der Waals surface area contributed by atoms with Gasteiger partial charge in [0.25, 0.3) is 0 Å². The number of rotatable bonds is 2. The minimum Gasteiger partial charge on any atom is -0.351 e. The van der Waals surface area contributed by atoms with Crippen molar-refractivity contribution in [2.75, 3.05) is 0 Å². The van der Waals surface area contributed by atoms with Gasteiger partial charge in [0.1, 0.15) is 0 Å². The third kappa shape index (κ3) is 1.35. The van der Waals surface area contributed by atoms with Crippen LogP contribution in [0.4, 0.5) is 0 Å². The molecule has 0 saturated carbocycles. The molecule has 2 nitrogen and oxygen atoms in total. The Hall–Kier alpha value is -0.530. The maximum absolute atomic E-state index is 11.6. The zero-order valence-electron chi connectivity index (χ0n) is 10.3. The maximum Gasteiger partial charge on any atom is 0.221 e. The van der Waals surface area contributed by atoms with E-state index >= 15 is 0 Å². The second-order valence-electron chi connectivity index (χ2n) is 5.70. The van der Waals surface area contributed by atoms with E-state index in [0.29, 0.717) is 18.3 Å². The van der Waals surface area contributed by atoms with E-state index in [2.05, 4.69) is 46.9 Å². The van der Waals surface area contributed by atoms with Gasteiger partial charge in [0.2, 0.25) is 5.91 Å². The topological polar surface area (TPSA) is 29.1 Å². The summed E-state index contributed by atoms with van der Waals surface area (Å²) in [6.07, 6.45) is 0.676. The van der Waals surface area contributed by atoms with Crippen molar-refractivity contribution in [2.24, 2.45) is 17.3 Å². The van der Waals surface area contributed by atoms with Crippen molar-refractivity contribution in [3.63, 3.8) is 0 Å². The van der Waals surface area contributed by atoms with E-state index in [9.17, 15) is 4.79 Å². The van der Waals surface area contributed by atoms with Crippen LogP contribution in [0.5, 0.6) is 0 Å². The summed E-state index contributed by atoms with van der Waals surface area (Å²) >= 11 is 0. The first-order valence-corrected chi connectivity index (χ1v) is 5.55. The average molecular weight is 197 g/mol. The van der Waals surface area contributed by atoms with Crippen LogP contribution >= 0.6 is 0 Å². The lowest BCUT2D eigenvalue weighted by Crippen LogP contribution is -2.52. The Morgan fingerprint density at radius 2 is 1.57 bits per heavy atom. The summed E-state index contributed by atoms with van der Waals surface area (Å²) in [5.41, 5.74) is 0.0243. The van der Waals surface area contributed by atoms with Gasteiger partial charge in [-0.3, -0.25) is 4.79 Å². The fourth-order valence-electron chi connectivity index (χ4n) is 3.51. The van der Waals surface area contributed by atoms with Gasteiger partial charge in [0, 0.05) is 17.4 Å². The Bertz CT molecular complexity index is 233. The van der Waals surface area contributed by atoms with E-state index in [1.165, 1.54) is 0 Å². The highest BCUT2D eigenvalue weighted by Crippen LogP contribution is 2.51. The van der Waals surface area contributed by atoms with Gasteiger partial charge in [0.05, 0.1) is 0 Å². The first kappa shape index (κ1) is 11.5. The molecule has 2 heteroatoms. The maximum atomic E-state index is 11.6. The zero-order chi connectivity index (χ0) is 11.1. The van der Waals surface area contributed by atoms with Gasteiger partial charge < -0.3 is 5.32 Å². The number of hydrogen-bond donors (Lipinski definition) is 1. The largest absolute Gasteiger partial charge is 0.351 e. The molecule has 1 rings (SSSR count). The summed E-state index contributed by atoms with van der Waals surface area (Å²) in [4.78, 5) is 11.6. The van der Waals surface area contributed by atoms with E-state index in [-0.39, 0.29) is 16.9 Å². The number of carbonyl (C=O) groups excluding carboxylic acids is 1. The van der Waals surface area contributed by atoms with Crippen LogP contribution in [-0.2, 0) is 4.79 Å². The molecule has 1 aliphatic rings. The Kier molecular flexibility index (Phi) is 2.68. The molecule has 0 aromatic heterocycles. The predicted octanol–water partition coefficient (Wildman–Crippen LogP) is 2.58. The molecule has 0 radical (unpaired) electrons. The molecule has 1 N–H and O–H groups in total. The van der Waals surface area contributed by atoms with Crippen LogP contribution in [-0.4, -0.2) is 11.4 Å². The highest BCUT2D eigenvalue weighted by Gasteiger charge is 2.55. The quantitative estimate of drug-likeness (QED) is 0.724. The molecule has 1 fully saturated rings. The van der Waals surface area contributed by atoms with Crippen LogP contribution < -0.4 is 5.32 Å². The molecule has 1 aliphatic heterocycles. The van der Waals surface area contributed by atoms with Crippen molar-refractivity contribution >= 4 is 5.91 Å². The normalized spacial score (nSPS) is 24.4. The second-order valence-corrected chi connectivity index (χ2v) is 5.70. The molecule has 82 valence electrons. The molecule has 0 aromatic carbocycles. The van der Waals surface area contributed by atoms with E-state index in [1.54, 1.807) is 0 Å². The summed E-state index contributed by atoms with van der Waals surface area (Å²) in [7, 11) is 0. The lowest BCUT2D eigenvalue weighted by Gasteiger charge is -2.47. The Morgan fingerprint density at radius 3 is 1.71 bits per heavy atom. The molecule has 14 heavy (non-hydrogen) atoms. The number of nitrogens with one attached hydrogen (secondary N) is 1. The van der Waals surface area contributed by atoms with E-state index < -0.39 is 0 Å². The van der Waals surface area contributed by atoms with Crippen molar-refractivity contribution in [3.8, 4) is 0 Å². The highest BCUT2D eigenvalue weighted by molar-refractivity contribution is 5.81. The predicted molar refractivity (Wildman–Crippen MR) is 58.9 cm³/mol. The van der Waals surface area contributed by atoms with Gasteiger partial charge >= 0.3 is 0 Å². The number of amides is 1. The Morgan fingerprint density at radius 1 is 1.14 bits per heavy atom. The average Bonchev–Trinajstić information content (AvgIpc) is 2.20. The SMILES string of the molecule is CC(C)C1(C(C)C)CC(=O)NC1(C)C. The van der Waals surface area contributed by atoms with Crippen LogP contribution in [0.3, 0.4) is 0 Å². The fraction of sp³-hybridized carbons (Fsp3) is 0.917. The molecule has 0 aromatic rings. The first-order valence-electron chi connectivity index (χ1n) is 5.55. The van der Waals surface area contributed by atoms with E-state index in [0.717, 1.165) is 0 Å². The first-order chi connectivity index (χ1) is 6.24. The molecular formula is C12H23NO. The van der Waals surface area contributed by atoms with Crippen molar-refractivity contribution < 1.29 is 4.79 Å². The molecule has 0 aliphatic carbocycles. The molecule has 1 saturated heterocycles. The smallest absolute Gasteiger partial charge is 0.221 e. The van der Waals surface area contributed by atoms with Crippen molar-refractivity contribution in [3.05, 3.63) is 0 Å². The molecule has 0 atom stereocenters. The minimum absolute atomic E-state index is 0.0770. The lowest BCUT2D eigenvalue weighted by atomic mass is 9.59. The standard InChI is InChI=1S/C12H23NO/c1-8(2)12(9(3)4)7-10(14)13-11(12,5)6/h8-9H,7H2,1-6H3,(H,13,14). The molecular weight excluding hydrogens is 174 g/mol. The molecule has 1 heterocycles. The Labute approximate surface area is 87.5 Å². The number of hydrogen-bond acceptors (Lipinski definition) is 1. The molecule has 0 bridgehead atoms. The van der Waals surface area contributed by atoms with Gasteiger partial charge in [-0.05, 0) is 25.7 Å². The third-order valence-electron chi connectivity index (χ3n) is 4.13. The minimum atomic E-state index is -0.0770. The van der Waals surface area contributed by atoms with Crippen molar-refractivity contribution in [2.45, 2.75) is 53.5 Å². The van der Waals surface area contributed by atoms with Crippen molar-refractivity contribution in [1.29, 1.82) is 0 Å². The van der Waals surface area contributed by atoms with Crippen LogP contribution in [0.2, 0.25) is 0 Å². The van der Waals surface area contributed by atoms with Gasteiger partial charge in [0.15, 0.2) is 0 Å². The Balaban J connectivity index is 3.16. The zero-order valence-corrected chi connectivity index (χ0v) is 10.3. The molecule has 0 spiro atoms. The van der Waals surface area contributed by atoms with E-state index in [4.69, 9.17) is 0 Å². The monoisotopic (exact) mass is 197 g/mol. The third-order valence-corrected chi connectivity index (χ3v) is 4.13. The highest BCUT2D eigenvalue weighted by atomic mass is 16.2. The van der Waals surface area contributed by atoms with Crippen LogP contribution in [0.1, 0.15) is 48.0 Å². The van der Waals surface area contributed by atoms with Crippen LogP contribution in [0, 0.1) is 17.3 Å². The fourth-order valence-corrected chi connectivity index (χ4v) is 3.51. The summed E-state index contributed by atoms with van der Waals surface area (Å²) in [6.45, 7) is 13.2. The summed E-state index contributed by atoms with van der Waals surface area (Å²) in [5, 5.41) is 3.11. The lowest BCUT2D eigenvalue weighted by molar-refractivity contribution is -0.120. The summed E-state index contributed by atoms with van der Waals surface area (Å²) < 4.78 is 0. The van der Waals surface area contributed by atoms with Gasteiger partial charge in [-0.1, -0.05) is 27.7 Å². The summed E-state index contributed by atoms with van der Waals surface area (Å²) in [6, 6.07) is 0. The second kappa shape index (κ2) is 3.25. The van der Waals surface area contributed by atoms with E-state index in [1.807, 2.05) is 0 Å². The van der Waals surface area contributed by atoms with Gasteiger partial charge in [-0.2, -0.15) is 0 Å².